The average Bonchev–Trinajstić information content (AvgIpc) is 3.60. The second kappa shape index (κ2) is 10.5. The SMILES string of the molecule is CCOC(=O)c1cnn(-c2nc(OC)c3c(cnn3[C@@H](C)C3CCN(c4ccc(C(F)(F)F)cc4)CC3)n2)c1. The van der Waals surface area contributed by atoms with E-state index < -0.39 is 17.7 Å². The largest absolute Gasteiger partial charge is 0.479 e. The fraction of sp³-hybridized carbons (Fsp3) is 0.423. The molecule has 4 heterocycles. The first-order chi connectivity index (χ1) is 18.7. The first kappa shape index (κ1) is 26.4. The molecule has 13 heteroatoms. The summed E-state index contributed by atoms with van der Waals surface area (Å²) in [6.45, 7) is 5.51. The maximum Gasteiger partial charge on any atom is 0.416 e. The number of carbonyl (C=O) groups is 1. The zero-order valence-corrected chi connectivity index (χ0v) is 21.7. The summed E-state index contributed by atoms with van der Waals surface area (Å²) in [6.07, 6.45) is 1.87. The number of ether oxygens (including phenoxy) is 2. The molecule has 0 N–H and O–H groups in total. The number of nitrogens with zero attached hydrogens (tertiary/aromatic N) is 7. The Morgan fingerprint density at radius 3 is 2.46 bits per heavy atom. The van der Waals surface area contributed by atoms with E-state index in [9.17, 15) is 18.0 Å². The second-order valence-electron chi connectivity index (χ2n) is 9.36. The number of benzene rings is 1. The summed E-state index contributed by atoms with van der Waals surface area (Å²) in [4.78, 5) is 23.2. The van der Waals surface area contributed by atoms with E-state index >= 15 is 0 Å². The van der Waals surface area contributed by atoms with Crippen LogP contribution in [0.15, 0.2) is 42.9 Å². The monoisotopic (exact) mass is 543 g/mol. The Kier molecular flexibility index (Phi) is 7.15. The highest BCUT2D eigenvalue weighted by Crippen LogP contribution is 2.35. The first-order valence-electron chi connectivity index (χ1n) is 12.6. The molecule has 1 atom stereocenters. The molecule has 0 radical (unpaired) electrons. The number of carbonyl (C=O) groups excluding carboxylic acids is 1. The lowest BCUT2D eigenvalue weighted by molar-refractivity contribution is -0.137. The van der Waals surface area contributed by atoms with Crippen molar-refractivity contribution in [2.45, 2.75) is 38.9 Å². The van der Waals surface area contributed by atoms with Crippen LogP contribution < -0.4 is 9.64 Å². The summed E-state index contributed by atoms with van der Waals surface area (Å²) in [5.41, 5.74) is 1.64. The van der Waals surface area contributed by atoms with E-state index in [1.807, 2.05) is 4.68 Å². The van der Waals surface area contributed by atoms with Crippen LogP contribution in [0.5, 0.6) is 5.88 Å². The summed E-state index contributed by atoms with van der Waals surface area (Å²) < 4.78 is 52.6. The lowest BCUT2D eigenvalue weighted by atomic mass is 9.90. The van der Waals surface area contributed by atoms with Crippen molar-refractivity contribution >= 4 is 22.7 Å². The van der Waals surface area contributed by atoms with Gasteiger partial charge >= 0.3 is 12.1 Å². The summed E-state index contributed by atoms with van der Waals surface area (Å²) in [5.74, 6) is 0.353. The minimum absolute atomic E-state index is 0.000672. The van der Waals surface area contributed by atoms with Crippen molar-refractivity contribution in [3.05, 3.63) is 54.0 Å². The number of piperidine rings is 1. The quantitative estimate of drug-likeness (QED) is 0.310. The molecule has 0 saturated carbocycles. The van der Waals surface area contributed by atoms with Gasteiger partial charge in [0, 0.05) is 25.0 Å². The van der Waals surface area contributed by atoms with Crippen LogP contribution in [0.1, 0.15) is 48.7 Å². The Labute approximate surface area is 222 Å². The lowest BCUT2D eigenvalue weighted by Crippen LogP contribution is -2.36. The maximum absolute atomic E-state index is 12.9. The second-order valence-corrected chi connectivity index (χ2v) is 9.36. The molecular weight excluding hydrogens is 515 g/mol. The molecule has 0 amide bonds. The third-order valence-electron chi connectivity index (χ3n) is 7.06. The molecule has 1 aliphatic rings. The first-order valence-corrected chi connectivity index (χ1v) is 12.6. The molecule has 39 heavy (non-hydrogen) atoms. The third-order valence-corrected chi connectivity index (χ3v) is 7.06. The molecule has 1 aromatic carbocycles. The van der Waals surface area contributed by atoms with Crippen molar-refractivity contribution in [2.24, 2.45) is 5.92 Å². The molecule has 206 valence electrons. The van der Waals surface area contributed by atoms with Crippen LogP contribution in [0.4, 0.5) is 18.9 Å². The smallest absolute Gasteiger partial charge is 0.416 e. The van der Waals surface area contributed by atoms with E-state index in [1.165, 1.54) is 36.3 Å². The van der Waals surface area contributed by atoms with Crippen LogP contribution in [0, 0.1) is 5.92 Å². The number of methoxy groups -OCH3 is 1. The van der Waals surface area contributed by atoms with Crippen LogP contribution in [-0.4, -0.2) is 62.3 Å². The Hall–Kier alpha value is -4.16. The number of rotatable bonds is 7. The average molecular weight is 544 g/mol. The van der Waals surface area contributed by atoms with Crippen LogP contribution in [0.25, 0.3) is 17.0 Å². The zero-order chi connectivity index (χ0) is 27.7. The highest BCUT2D eigenvalue weighted by Gasteiger charge is 2.31. The number of hydrogen-bond donors (Lipinski definition) is 0. The normalized spacial score (nSPS) is 15.5. The van der Waals surface area contributed by atoms with Gasteiger partial charge in [0.15, 0.2) is 0 Å². The zero-order valence-electron chi connectivity index (χ0n) is 21.7. The molecule has 3 aromatic heterocycles. The molecule has 1 aliphatic heterocycles. The fourth-order valence-electron chi connectivity index (χ4n) is 4.93. The van der Waals surface area contributed by atoms with E-state index in [1.54, 1.807) is 13.1 Å². The summed E-state index contributed by atoms with van der Waals surface area (Å²) in [6, 6.07) is 5.31. The molecule has 0 spiro atoms. The number of halogens is 3. The van der Waals surface area contributed by atoms with Gasteiger partial charge in [0.2, 0.25) is 5.88 Å². The van der Waals surface area contributed by atoms with Crippen molar-refractivity contribution < 1.29 is 27.4 Å². The fourth-order valence-corrected chi connectivity index (χ4v) is 4.93. The Morgan fingerprint density at radius 2 is 1.82 bits per heavy atom. The number of fused-ring (bicyclic) bond motifs is 1. The van der Waals surface area contributed by atoms with E-state index in [2.05, 4.69) is 32.0 Å². The van der Waals surface area contributed by atoms with Crippen LogP contribution in [0.2, 0.25) is 0 Å². The molecular formula is C26H28F3N7O3. The van der Waals surface area contributed by atoms with Crippen molar-refractivity contribution in [1.29, 1.82) is 0 Å². The molecule has 4 aromatic rings. The summed E-state index contributed by atoms with van der Waals surface area (Å²) in [7, 11) is 1.52. The molecule has 10 nitrogen and oxygen atoms in total. The summed E-state index contributed by atoms with van der Waals surface area (Å²) in [5, 5.41) is 8.78. The van der Waals surface area contributed by atoms with Crippen molar-refractivity contribution in [3.8, 4) is 11.8 Å². The van der Waals surface area contributed by atoms with Crippen molar-refractivity contribution in [2.75, 3.05) is 31.7 Å². The predicted octanol–water partition coefficient (Wildman–Crippen LogP) is 4.69. The number of anilines is 1. The Morgan fingerprint density at radius 1 is 1.10 bits per heavy atom. The van der Waals surface area contributed by atoms with Crippen molar-refractivity contribution in [3.63, 3.8) is 0 Å². The van der Waals surface area contributed by atoms with E-state index in [0.717, 1.165) is 43.8 Å². The predicted molar refractivity (Wildman–Crippen MR) is 136 cm³/mol. The van der Waals surface area contributed by atoms with Gasteiger partial charge in [-0.3, -0.25) is 4.68 Å². The van der Waals surface area contributed by atoms with Gasteiger partial charge in [-0.2, -0.15) is 28.4 Å². The molecule has 0 aliphatic carbocycles. The van der Waals surface area contributed by atoms with Gasteiger partial charge in [-0.15, -0.1) is 0 Å². The van der Waals surface area contributed by atoms with Gasteiger partial charge in [0.05, 0.1) is 43.3 Å². The minimum Gasteiger partial charge on any atom is -0.479 e. The van der Waals surface area contributed by atoms with Gasteiger partial charge in [0.1, 0.15) is 11.0 Å². The highest BCUT2D eigenvalue weighted by atomic mass is 19.4. The van der Waals surface area contributed by atoms with E-state index in [0.29, 0.717) is 16.9 Å². The van der Waals surface area contributed by atoms with E-state index in [4.69, 9.17) is 9.47 Å². The third kappa shape index (κ3) is 5.25. The Bertz CT molecular complexity index is 1460. The molecule has 1 saturated heterocycles. The number of alkyl halides is 3. The van der Waals surface area contributed by atoms with Gasteiger partial charge in [-0.1, -0.05) is 0 Å². The molecule has 0 unspecified atom stereocenters. The van der Waals surface area contributed by atoms with Gasteiger partial charge in [-0.05, 0) is 56.9 Å². The number of hydrogen-bond acceptors (Lipinski definition) is 8. The number of esters is 1. The topological polar surface area (TPSA) is 100 Å². The standard InChI is InChI=1S/C26H28F3N7O3/c1-4-39-24(37)18-13-30-35(15-18)25-32-21-14-31-36(22(21)23(33-25)38-3)16(2)17-9-11-34(12-10-17)20-7-5-19(6-8-20)26(27,28)29/h5-8,13-17H,4,9-12H2,1-3H3/t16-/m0/s1. The number of aromatic nitrogens is 6. The van der Waals surface area contributed by atoms with Crippen LogP contribution >= 0.6 is 0 Å². The van der Waals surface area contributed by atoms with Gasteiger partial charge < -0.3 is 14.4 Å². The molecule has 5 rings (SSSR count). The molecule has 1 fully saturated rings. The highest BCUT2D eigenvalue weighted by molar-refractivity contribution is 5.88. The van der Waals surface area contributed by atoms with Crippen molar-refractivity contribution in [1.82, 2.24) is 29.5 Å². The van der Waals surface area contributed by atoms with Gasteiger partial charge in [-0.25, -0.2) is 14.5 Å². The van der Waals surface area contributed by atoms with E-state index in [-0.39, 0.29) is 30.1 Å². The molecule has 0 bridgehead atoms. The summed E-state index contributed by atoms with van der Waals surface area (Å²) >= 11 is 0. The van der Waals surface area contributed by atoms with Gasteiger partial charge in [0.25, 0.3) is 5.95 Å². The van der Waals surface area contributed by atoms with Crippen LogP contribution in [-0.2, 0) is 10.9 Å². The van der Waals surface area contributed by atoms with Crippen LogP contribution in [0.3, 0.4) is 0 Å². The minimum atomic E-state index is -4.34. The Balaban J connectivity index is 1.32. The maximum atomic E-state index is 12.9. The lowest BCUT2D eigenvalue weighted by Gasteiger charge is -2.36.